The highest BCUT2D eigenvalue weighted by molar-refractivity contribution is 5.81. The lowest BCUT2D eigenvalue weighted by Crippen LogP contribution is -2.53. The van der Waals surface area contributed by atoms with Crippen LogP contribution in [0.5, 0.6) is 0 Å². The van der Waals surface area contributed by atoms with Gasteiger partial charge < -0.3 is 123 Å². The maximum absolute atomic E-state index is 11.1. The summed E-state index contributed by atoms with van der Waals surface area (Å²) in [6, 6.07) is 0.407. The molecule has 3 fully saturated rings. The number of methoxy groups -OCH3 is 1. The van der Waals surface area contributed by atoms with Crippen LogP contribution in [-0.2, 0) is 33.3 Å². The number of β-amino-alcohol motifs (C(OH)–C–C–N with tert-alkyl or cyclic N) is 1. The molecule has 3 rings (SSSR count). The molecule has 0 bridgehead atoms. The fourth-order valence-corrected chi connectivity index (χ4v) is 9.84. The molecule has 0 radical (unpaired) electrons. The summed E-state index contributed by atoms with van der Waals surface area (Å²) in [5.74, 6) is 0.155. The van der Waals surface area contributed by atoms with Crippen LogP contribution in [0.25, 0.3) is 0 Å². The van der Waals surface area contributed by atoms with Gasteiger partial charge in [0.15, 0.2) is 0 Å². The lowest BCUT2D eigenvalue weighted by Gasteiger charge is -2.34. The average molecular weight is 1950 g/mol. The Bertz CT molecular complexity index is 2600. The van der Waals surface area contributed by atoms with E-state index < -0.39 is 6.10 Å². The van der Waals surface area contributed by atoms with E-state index in [1.165, 1.54) is 45.3 Å². The Kier molecular flexibility index (Phi) is 91.0. The van der Waals surface area contributed by atoms with Crippen LogP contribution in [0.3, 0.4) is 0 Å². The Morgan fingerprint density at radius 3 is 0.985 bits per heavy atom. The van der Waals surface area contributed by atoms with E-state index in [9.17, 15) is 14.4 Å². The van der Waals surface area contributed by atoms with Crippen molar-refractivity contribution in [3.8, 4) is 0 Å². The molecule has 0 aliphatic carbocycles. The minimum Gasteiger partial charge on any atom is -0.395 e. The van der Waals surface area contributed by atoms with Crippen LogP contribution in [-0.4, -0.2) is 354 Å². The molecule has 28 heteroatoms. The van der Waals surface area contributed by atoms with E-state index in [0.29, 0.717) is 36.8 Å². The second-order valence-electron chi connectivity index (χ2n) is 52.4. The molecule has 2 amide bonds. The molecule has 28 nitrogen and oxygen atoms in total. The van der Waals surface area contributed by atoms with Crippen molar-refractivity contribution in [1.82, 2.24) is 78.1 Å². The lowest BCUT2D eigenvalue weighted by molar-refractivity contribution is -0.136. The Balaban J connectivity index is -0.000000137. The van der Waals surface area contributed by atoms with Crippen molar-refractivity contribution < 1.29 is 58.9 Å². The number of primary amides is 1. The van der Waals surface area contributed by atoms with E-state index in [4.69, 9.17) is 50.2 Å². The normalized spacial score (nSPS) is 14.7. The standard InChI is InChI=1S/C10H22N2O.C10H22N2.2C9H21N.C8H20N2.C8H19NO2.2C7H17NO2.2C7H15NO.C7H17NO.C7H17N.C6H12O.C5H11NO/c1-10(2,3)11-4-5-12-6-8-13-9-7-12;1-10(2,3)11-6-9-12-7-4-5-8-12;1-8(2,3)7-10-9(4,5)6;1-7-9(5,6)10-8(2,3)4;1-8(2,3)9-6-7-10(4)5;1-8(2,3)9-4-6-11-7-5-10;1-7(2,3)8-6(4-9)5-10;1-7(2,3)8-4-6(10)5-9;1-7(2,3)8-6-4-9-5-6;1-7(2,3)6(9)8(4)5;1-7(2,3)8-5-6-9-4;1-5-6-8-7(2,3)4;1-5(7)6(2,3)4;1-5(2,3)4(6)7/h11H,4-9H2,1-3H3;11H,4-9H2,1-3H3;2*10H,7H2,1-6H3;9H,6-7H2,1-5H3;9-10H,4-7H2,1-3H3;2*6,8-10H,4-5H2,1-3H3;6,8H,4-5H2,1-3H3;1-5H3;8H,5-6H2,1-4H3;8H,5-6H2,1-4H3;1-4H3;1-3H3,(H2,6,7). The van der Waals surface area contributed by atoms with Gasteiger partial charge >= 0.3 is 0 Å². The number of nitrogens with zero attached hydrogens (tertiary/aromatic N) is 4. The van der Waals surface area contributed by atoms with Gasteiger partial charge in [-0.05, 0) is 314 Å². The van der Waals surface area contributed by atoms with Crippen LogP contribution in [0.2, 0.25) is 0 Å². The predicted octanol–water partition coefficient (Wildman–Crippen LogP) is 14.8. The topological polar surface area (TPSA) is 361 Å². The third-order valence-corrected chi connectivity index (χ3v) is 17.7. The second kappa shape index (κ2) is 79.0. The summed E-state index contributed by atoms with van der Waals surface area (Å²) >= 11 is 0. The Morgan fingerprint density at radius 2 is 0.778 bits per heavy atom. The van der Waals surface area contributed by atoms with Crippen molar-refractivity contribution in [3.63, 3.8) is 0 Å². The van der Waals surface area contributed by atoms with Crippen molar-refractivity contribution in [2.24, 2.45) is 27.4 Å². The van der Waals surface area contributed by atoms with Crippen LogP contribution in [0.1, 0.15) is 372 Å². The van der Waals surface area contributed by atoms with Gasteiger partial charge in [0.05, 0.1) is 90.9 Å². The first-order valence-corrected chi connectivity index (χ1v) is 50.8. The molecule has 3 aliphatic heterocycles. The van der Waals surface area contributed by atoms with Crippen LogP contribution in [0, 0.1) is 21.7 Å². The highest BCUT2D eigenvalue weighted by Gasteiger charge is 2.26. The summed E-state index contributed by atoms with van der Waals surface area (Å²) < 4.78 is 20.2. The number of rotatable bonds is 29. The van der Waals surface area contributed by atoms with E-state index in [0.717, 1.165) is 105 Å². The van der Waals surface area contributed by atoms with Crippen molar-refractivity contribution in [1.29, 1.82) is 0 Å². The van der Waals surface area contributed by atoms with E-state index in [1.54, 1.807) is 53.8 Å². The monoisotopic (exact) mass is 1950 g/mol. The van der Waals surface area contributed by atoms with E-state index in [1.807, 2.05) is 83.1 Å². The molecule has 18 N–H and O–H groups in total. The maximum Gasteiger partial charge on any atom is 0.227 e. The van der Waals surface area contributed by atoms with Crippen LogP contribution >= 0.6 is 0 Å². The number of carbonyl (C=O) groups excluding carboxylic acids is 3. The van der Waals surface area contributed by atoms with Gasteiger partial charge in [0.2, 0.25) is 11.8 Å². The molecule has 0 aromatic heterocycles. The van der Waals surface area contributed by atoms with E-state index in [-0.39, 0.29) is 127 Å². The highest BCUT2D eigenvalue weighted by Crippen LogP contribution is 2.18. The van der Waals surface area contributed by atoms with Gasteiger partial charge in [0.1, 0.15) is 5.78 Å². The lowest BCUT2D eigenvalue weighted by atomic mass is 9.92. The molecule has 1 unspecified atom stereocenters. The highest BCUT2D eigenvalue weighted by atomic mass is 16.5. The maximum atomic E-state index is 11.1. The molecule has 0 aromatic carbocycles. The van der Waals surface area contributed by atoms with Crippen molar-refractivity contribution >= 4 is 17.6 Å². The number of hydrogen-bond acceptors (Lipinski definition) is 26. The third kappa shape index (κ3) is 157. The Labute approximate surface area is 840 Å². The van der Waals surface area contributed by atoms with Crippen molar-refractivity contribution in [2.45, 2.75) is 457 Å². The minimum absolute atomic E-state index is 0.0101. The predicted molar refractivity (Wildman–Crippen MR) is 589 cm³/mol. The molecule has 0 aromatic rings. The molecule has 0 spiro atoms. The van der Waals surface area contributed by atoms with Crippen LogP contribution in [0.15, 0.2) is 0 Å². The molecule has 3 saturated heterocycles. The average Bonchev–Trinajstić information content (AvgIpc) is 1.20. The molecule has 0 saturated carbocycles. The molecule has 3 heterocycles. The Morgan fingerprint density at radius 1 is 0.430 bits per heavy atom. The zero-order valence-electron chi connectivity index (χ0n) is 100. The summed E-state index contributed by atoms with van der Waals surface area (Å²) in [5.41, 5.74) is 7.03. The molecule has 3 aliphatic rings. The number of ketones is 1. The number of Topliss-reactive ketones (excluding diaryl/α,β-unsaturated/α-hetero) is 1. The van der Waals surface area contributed by atoms with Gasteiger partial charge in [-0.25, -0.2) is 0 Å². The van der Waals surface area contributed by atoms with Gasteiger partial charge in [-0.2, -0.15) is 0 Å². The van der Waals surface area contributed by atoms with Gasteiger partial charge in [0.25, 0.3) is 0 Å². The van der Waals surface area contributed by atoms with Gasteiger partial charge in [-0.15, -0.1) is 0 Å². The second-order valence-corrected chi connectivity index (χ2v) is 52.4. The third-order valence-electron chi connectivity index (χ3n) is 17.7. The first-order chi connectivity index (χ1) is 60.0. The fourth-order valence-electron chi connectivity index (χ4n) is 9.84. The van der Waals surface area contributed by atoms with Crippen molar-refractivity contribution in [2.75, 3.05) is 206 Å². The van der Waals surface area contributed by atoms with Crippen LogP contribution < -0.4 is 64.2 Å². The summed E-state index contributed by atoms with van der Waals surface area (Å²) in [6.45, 7) is 126. The summed E-state index contributed by atoms with van der Waals surface area (Å²) in [7, 11) is 9.43. The fraction of sp³-hybridized carbons (Fsp3) is 0.972. The number of aliphatic hydroxyl groups is 5. The van der Waals surface area contributed by atoms with E-state index >= 15 is 0 Å². The zero-order valence-corrected chi connectivity index (χ0v) is 100. The van der Waals surface area contributed by atoms with Crippen LogP contribution in [0.4, 0.5) is 0 Å². The molecule has 826 valence electrons. The molecule has 1 atom stereocenters. The number of likely N-dealkylation sites (N-methyl/N-ethyl adjacent to an activating group) is 1. The SMILES string of the molecule is CC(=O)C(C)(C)C.CC(C)(C)C(N)=O.CC(C)(C)CNC(C)(C)C.CC(C)(C)NC(CO)CO.CC(C)(C)NC1COC1.CC(C)(C)NCC(O)CO.CC(C)(C)NCCN1CCCC1.CC(C)(C)NCCN1CCOCC1.CC(C)(C)NCCOCCO.CCC(C)(C)NC(C)(C)C.CCCNC(C)(C)C.CN(C)C(=O)C(C)(C)C.CN(C)CCNC(C)(C)C.COCCNC(C)(C)C. The smallest absolute Gasteiger partial charge is 0.227 e. The van der Waals surface area contributed by atoms with Crippen molar-refractivity contribution in [3.05, 3.63) is 0 Å². The number of carbonyl (C=O) groups is 3. The number of morpholine rings is 1. The Hall–Kier alpha value is -2.31. The van der Waals surface area contributed by atoms with Gasteiger partial charge in [0, 0.05) is 182 Å². The number of nitrogens with one attached hydrogen (secondary N) is 11. The largest absolute Gasteiger partial charge is 0.395 e. The number of aliphatic hydroxyl groups excluding tert-OH is 5. The number of nitrogens with two attached hydrogens (primary N) is 1. The van der Waals surface area contributed by atoms with Gasteiger partial charge in [-0.3, -0.25) is 19.3 Å². The molecule has 135 heavy (non-hydrogen) atoms. The molecular formula is C107H246N16O12. The number of ether oxygens (including phenoxy) is 4. The number of hydrogen-bond donors (Lipinski definition) is 17. The number of amides is 2. The molecular weight excluding hydrogens is 1700 g/mol. The summed E-state index contributed by atoms with van der Waals surface area (Å²) in [5, 5.41) is 80.0. The van der Waals surface area contributed by atoms with E-state index in [2.05, 4.69) is 323 Å². The number of likely N-dealkylation sites (tertiary alicyclic amines) is 1. The summed E-state index contributed by atoms with van der Waals surface area (Å²) in [6.07, 6.45) is 4.55. The quantitative estimate of drug-likeness (QED) is 0.0309. The summed E-state index contributed by atoms with van der Waals surface area (Å²) in [4.78, 5) is 40.6. The zero-order chi connectivity index (χ0) is 110. The first kappa shape index (κ1) is 155. The minimum atomic E-state index is -0.640. The first-order valence-electron chi connectivity index (χ1n) is 50.8. The van der Waals surface area contributed by atoms with Gasteiger partial charge in [-0.1, -0.05) is 96.9 Å².